The lowest BCUT2D eigenvalue weighted by Crippen LogP contribution is -2.41. The number of hydrogen-bond acceptors (Lipinski definition) is 5. The lowest BCUT2D eigenvalue weighted by molar-refractivity contribution is -0.131. The number of aromatic nitrogens is 2. The Bertz CT molecular complexity index is 1460. The number of carbonyl (C=O) groups is 3. The first-order valence-corrected chi connectivity index (χ1v) is 12.6. The number of rotatable bonds is 5. The van der Waals surface area contributed by atoms with Gasteiger partial charge in [0.25, 0.3) is 11.8 Å². The third kappa shape index (κ3) is 5.51. The average Bonchev–Trinajstić information content (AvgIpc) is 3.55. The topological polar surface area (TPSA) is 107 Å². The molecule has 2 aromatic heterocycles. The van der Waals surface area contributed by atoms with E-state index in [1.165, 1.54) is 11.3 Å². The molecule has 11 heteroatoms. The van der Waals surface area contributed by atoms with Gasteiger partial charge in [-0.2, -0.15) is 0 Å². The Morgan fingerprint density at radius 1 is 1.03 bits per heavy atom. The van der Waals surface area contributed by atoms with E-state index in [4.69, 9.17) is 0 Å². The molecule has 0 saturated carbocycles. The molecule has 1 fully saturated rings. The van der Waals surface area contributed by atoms with Crippen LogP contribution >= 0.6 is 11.3 Å². The number of para-hydroxylation sites is 1. The van der Waals surface area contributed by atoms with Crippen molar-refractivity contribution >= 4 is 40.0 Å². The van der Waals surface area contributed by atoms with E-state index in [0.29, 0.717) is 25.6 Å². The molecule has 1 aliphatic heterocycles. The van der Waals surface area contributed by atoms with Crippen LogP contribution in [0.1, 0.15) is 50.2 Å². The second-order valence-electron chi connectivity index (χ2n) is 8.83. The standard InChI is InChI=1S/C26H23F2N5O3S/c27-18-9-16(10-19(28)12-18)24(35)31-32-25(36)22-14-37-26(30-22)15-5-7-33(8-6-15)23(34)11-17-13-29-21-4-2-1-3-20(17)21/h1-4,9-10,12-15,29H,5-8,11H2,(H,31,35)(H,32,36). The van der Waals surface area contributed by atoms with Gasteiger partial charge >= 0.3 is 0 Å². The van der Waals surface area contributed by atoms with Crippen molar-refractivity contribution in [1.82, 2.24) is 25.7 Å². The van der Waals surface area contributed by atoms with E-state index in [-0.39, 0.29) is 23.1 Å². The number of piperidine rings is 1. The summed E-state index contributed by atoms with van der Waals surface area (Å²) in [6.07, 6.45) is 3.69. The summed E-state index contributed by atoms with van der Waals surface area (Å²) in [7, 11) is 0. The van der Waals surface area contributed by atoms with Crippen LogP contribution in [0.4, 0.5) is 8.78 Å². The van der Waals surface area contributed by atoms with Crippen LogP contribution in [-0.4, -0.2) is 45.7 Å². The monoisotopic (exact) mass is 523 g/mol. The highest BCUT2D eigenvalue weighted by atomic mass is 32.1. The molecule has 5 rings (SSSR count). The van der Waals surface area contributed by atoms with Crippen LogP contribution in [0.25, 0.3) is 10.9 Å². The number of fused-ring (bicyclic) bond motifs is 1. The van der Waals surface area contributed by atoms with E-state index in [2.05, 4.69) is 20.8 Å². The summed E-state index contributed by atoms with van der Waals surface area (Å²) in [5.74, 6) is -3.09. The Hall–Kier alpha value is -4.12. The van der Waals surface area contributed by atoms with Gasteiger partial charge in [-0.1, -0.05) is 18.2 Å². The number of hydrogen-bond donors (Lipinski definition) is 3. The zero-order valence-electron chi connectivity index (χ0n) is 19.6. The van der Waals surface area contributed by atoms with Gasteiger partial charge in [0.15, 0.2) is 0 Å². The van der Waals surface area contributed by atoms with Gasteiger partial charge in [-0.15, -0.1) is 11.3 Å². The number of amides is 3. The number of likely N-dealkylation sites (tertiary alicyclic amines) is 1. The van der Waals surface area contributed by atoms with Gasteiger partial charge in [0.1, 0.15) is 17.3 Å². The van der Waals surface area contributed by atoms with Crippen molar-refractivity contribution in [2.24, 2.45) is 0 Å². The number of H-pyrrole nitrogens is 1. The highest BCUT2D eigenvalue weighted by Gasteiger charge is 2.27. The summed E-state index contributed by atoms with van der Waals surface area (Å²) in [6, 6.07) is 10.3. The fraction of sp³-hybridized carbons (Fsp3) is 0.231. The Labute approximate surface area is 214 Å². The minimum absolute atomic E-state index is 0.0799. The summed E-state index contributed by atoms with van der Waals surface area (Å²) in [6.45, 7) is 1.21. The molecule has 2 aromatic carbocycles. The Morgan fingerprint density at radius 3 is 2.49 bits per heavy atom. The molecule has 190 valence electrons. The van der Waals surface area contributed by atoms with Crippen LogP contribution in [0.5, 0.6) is 0 Å². The number of aromatic amines is 1. The molecule has 37 heavy (non-hydrogen) atoms. The van der Waals surface area contributed by atoms with Crippen molar-refractivity contribution < 1.29 is 23.2 Å². The van der Waals surface area contributed by atoms with Gasteiger partial charge in [0, 0.05) is 53.1 Å². The van der Waals surface area contributed by atoms with Crippen LogP contribution in [0, 0.1) is 11.6 Å². The molecule has 0 aliphatic carbocycles. The van der Waals surface area contributed by atoms with Gasteiger partial charge in [0.05, 0.1) is 11.4 Å². The van der Waals surface area contributed by atoms with E-state index in [1.54, 1.807) is 5.38 Å². The summed E-state index contributed by atoms with van der Waals surface area (Å²) >= 11 is 1.34. The molecular formula is C26H23F2N5O3S. The summed E-state index contributed by atoms with van der Waals surface area (Å²) < 4.78 is 26.6. The van der Waals surface area contributed by atoms with E-state index in [1.807, 2.05) is 35.4 Å². The van der Waals surface area contributed by atoms with Gasteiger partial charge < -0.3 is 9.88 Å². The van der Waals surface area contributed by atoms with Crippen LogP contribution in [-0.2, 0) is 11.2 Å². The Kier molecular flexibility index (Phi) is 6.95. The van der Waals surface area contributed by atoms with Gasteiger partial charge in [-0.25, -0.2) is 13.8 Å². The molecule has 0 radical (unpaired) electrons. The fourth-order valence-corrected chi connectivity index (χ4v) is 5.41. The summed E-state index contributed by atoms with van der Waals surface area (Å²) in [5.41, 5.74) is 6.20. The van der Waals surface area contributed by atoms with Crippen molar-refractivity contribution in [1.29, 1.82) is 0 Å². The molecule has 3 N–H and O–H groups in total. The second kappa shape index (κ2) is 10.5. The lowest BCUT2D eigenvalue weighted by Gasteiger charge is -2.31. The highest BCUT2D eigenvalue weighted by Crippen LogP contribution is 2.31. The maximum atomic E-state index is 13.3. The smallest absolute Gasteiger partial charge is 0.289 e. The minimum atomic E-state index is -0.897. The van der Waals surface area contributed by atoms with Crippen molar-refractivity contribution in [3.05, 3.63) is 87.5 Å². The predicted molar refractivity (Wildman–Crippen MR) is 134 cm³/mol. The van der Waals surface area contributed by atoms with E-state index >= 15 is 0 Å². The van der Waals surface area contributed by atoms with Crippen LogP contribution < -0.4 is 10.9 Å². The first-order chi connectivity index (χ1) is 17.9. The molecule has 0 bridgehead atoms. The normalized spacial score (nSPS) is 14.1. The number of hydrazine groups is 1. The second-order valence-corrected chi connectivity index (χ2v) is 9.72. The Morgan fingerprint density at radius 2 is 1.73 bits per heavy atom. The number of thiazole rings is 1. The molecular weight excluding hydrogens is 500 g/mol. The zero-order chi connectivity index (χ0) is 25.9. The highest BCUT2D eigenvalue weighted by molar-refractivity contribution is 7.09. The average molecular weight is 524 g/mol. The van der Waals surface area contributed by atoms with Crippen molar-refractivity contribution in [3.8, 4) is 0 Å². The molecule has 0 unspecified atom stereocenters. The van der Waals surface area contributed by atoms with Crippen LogP contribution in [0.2, 0.25) is 0 Å². The van der Waals surface area contributed by atoms with Gasteiger partial charge in [0.2, 0.25) is 5.91 Å². The van der Waals surface area contributed by atoms with E-state index in [9.17, 15) is 23.2 Å². The van der Waals surface area contributed by atoms with Crippen molar-refractivity contribution in [2.45, 2.75) is 25.2 Å². The molecule has 3 amide bonds. The fourth-order valence-electron chi connectivity index (χ4n) is 4.44. The number of benzene rings is 2. The van der Waals surface area contributed by atoms with Crippen LogP contribution in [0.3, 0.4) is 0 Å². The number of carbonyl (C=O) groups excluding carboxylic acids is 3. The summed E-state index contributed by atoms with van der Waals surface area (Å²) in [4.78, 5) is 46.8. The van der Waals surface area contributed by atoms with Crippen molar-refractivity contribution in [2.75, 3.05) is 13.1 Å². The maximum Gasteiger partial charge on any atom is 0.289 e. The lowest BCUT2D eigenvalue weighted by atomic mass is 9.97. The Balaban J connectivity index is 1.12. The predicted octanol–water partition coefficient (Wildman–Crippen LogP) is 3.93. The first-order valence-electron chi connectivity index (χ1n) is 11.7. The molecule has 4 aromatic rings. The first kappa shape index (κ1) is 24.6. The van der Waals surface area contributed by atoms with Gasteiger partial charge in [-0.05, 0) is 36.6 Å². The minimum Gasteiger partial charge on any atom is -0.361 e. The molecule has 0 atom stereocenters. The SMILES string of the molecule is O=C(NNC(=O)c1csc(C2CCN(C(=O)Cc3c[nH]c4ccccc34)CC2)n1)c1cc(F)cc(F)c1. The van der Waals surface area contributed by atoms with Crippen molar-refractivity contribution in [3.63, 3.8) is 0 Å². The third-order valence-corrected chi connectivity index (χ3v) is 7.39. The van der Waals surface area contributed by atoms with E-state index in [0.717, 1.165) is 46.4 Å². The van der Waals surface area contributed by atoms with Gasteiger partial charge in [-0.3, -0.25) is 25.2 Å². The molecule has 1 aliphatic rings. The molecule has 8 nitrogen and oxygen atoms in total. The number of nitrogens with zero attached hydrogens (tertiary/aromatic N) is 2. The molecule has 3 heterocycles. The number of nitrogens with one attached hydrogen (secondary N) is 3. The largest absolute Gasteiger partial charge is 0.361 e. The molecule has 0 spiro atoms. The number of halogens is 2. The maximum absolute atomic E-state index is 13.3. The third-order valence-electron chi connectivity index (χ3n) is 6.38. The zero-order valence-corrected chi connectivity index (χ0v) is 20.4. The quantitative estimate of drug-likeness (QED) is 0.345. The van der Waals surface area contributed by atoms with Crippen LogP contribution in [0.15, 0.2) is 54.0 Å². The molecule has 1 saturated heterocycles. The van der Waals surface area contributed by atoms with E-state index < -0.39 is 23.4 Å². The summed E-state index contributed by atoms with van der Waals surface area (Å²) in [5, 5.41) is 3.43.